The fourth-order valence-electron chi connectivity index (χ4n) is 1.63. The highest BCUT2D eigenvalue weighted by atomic mass is 35.5. The van der Waals surface area contributed by atoms with Crippen LogP contribution in [0.15, 0.2) is 30.3 Å². The van der Waals surface area contributed by atoms with Gasteiger partial charge in [0.15, 0.2) is 0 Å². The highest BCUT2D eigenvalue weighted by molar-refractivity contribution is 7.16. The highest BCUT2D eigenvalue weighted by Gasteiger charge is 2.15. The topological polar surface area (TPSA) is 64.6 Å². The van der Waals surface area contributed by atoms with Gasteiger partial charge in [-0.15, -0.1) is 11.3 Å². The smallest absolute Gasteiger partial charge is 0.387 e. The van der Waals surface area contributed by atoms with Crippen LogP contribution in [0.3, 0.4) is 0 Å². The lowest BCUT2D eigenvalue weighted by molar-refractivity contribution is -0.0497. The van der Waals surface area contributed by atoms with E-state index in [1.165, 1.54) is 37.4 Å². The Morgan fingerprint density at radius 1 is 1.22 bits per heavy atom. The molecule has 0 aliphatic carbocycles. The first-order valence-electron chi connectivity index (χ1n) is 6.14. The first-order chi connectivity index (χ1) is 10.9. The number of hydrogen-bond donors (Lipinski definition) is 1. The molecule has 0 bridgehead atoms. The van der Waals surface area contributed by atoms with E-state index in [0.29, 0.717) is 5.69 Å². The second kappa shape index (κ2) is 7.38. The van der Waals surface area contributed by atoms with Gasteiger partial charge in [-0.3, -0.25) is 4.79 Å². The number of benzene rings is 1. The van der Waals surface area contributed by atoms with Gasteiger partial charge in [0, 0.05) is 5.69 Å². The number of amides is 1. The summed E-state index contributed by atoms with van der Waals surface area (Å²) >= 11 is 6.76. The predicted octanol–water partition coefficient (Wildman–Crippen LogP) is 4.04. The van der Waals surface area contributed by atoms with Crippen LogP contribution in [0.2, 0.25) is 5.02 Å². The van der Waals surface area contributed by atoms with Crippen LogP contribution < -0.4 is 10.1 Å². The number of methoxy groups -OCH3 is 1. The maximum Gasteiger partial charge on any atom is 0.387 e. The lowest BCUT2D eigenvalue weighted by atomic mass is 10.3. The normalized spacial score (nSPS) is 10.5. The SMILES string of the molecule is COC(=O)c1ccc(C(=O)Nc2ccc(OC(F)F)c(Cl)c2)s1. The lowest BCUT2D eigenvalue weighted by Gasteiger charge is -2.09. The summed E-state index contributed by atoms with van der Waals surface area (Å²) in [5, 5.41) is 2.48. The summed E-state index contributed by atoms with van der Waals surface area (Å²) < 4.78 is 33.0. The summed E-state index contributed by atoms with van der Waals surface area (Å²) in [7, 11) is 1.24. The first kappa shape index (κ1) is 17.2. The molecule has 1 amide bonds. The van der Waals surface area contributed by atoms with E-state index in [1.54, 1.807) is 0 Å². The van der Waals surface area contributed by atoms with Crippen LogP contribution >= 0.6 is 22.9 Å². The average molecular weight is 362 g/mol. The van der Waals surface area contributed by atoms with Gasteiger partial charge in [-0.05, 0) is 30.3 Å². The Morgan fingerprint density at radius 2 is 1.91 bits per heavy atom. The van der Waals surface area contributed by atoms with Gasteiger partial charge < -0.3 is 14.8 Å². The molecule has 1 aromatic carbocycles. The quantitative estimate of drug-likeness (QED) is 0.816. The van der Waals surface area contributed by atoms with Gasteiger partial charge in [-0.25, -0.2) is 4.79 Å². The van der Waals surface area contributed by atoms with Crippen LogP contribution in [0.1, 0.15) is 19.3 Å². The third-order valence-corrected chi connectivity index (χ3v) is 3.98. The molecule has 0 fully saturated rings. The molecule has 122 valence electrons. The molecule has 0 aliphatic rings. The molecule has 0 saturated carbocycles. The summed E-state index contributed by atoms with van der Waals surface area (Å²) in [5.74, 6) is -1.20. The van der Waals surface area contributed by atoms with Crippen LogP contribution in [-0.4, -0.2) is 25.6 Å². The summed E-state index contributed by atoms with van der Waals surface area (Å²) in [6.07, 6.45) is 0. The first-order valence-corrected chi connectivity index (χ1v) is 7.34. The van der Waals surface area contributed by atoms with Gasteiger partial charge in [0.1, 0.15) is 10.6 Å². The zero-order valence-electron chi connectivity index (χ0n) is 11.6. The molecule has 1 aromatic heterocycles. The van der Waals surface area contributed by atoms with Crippen molar-refractivity contribution < 1.29 is 27.8 Å². The summed E-state index contributed by atoms with van der Waals surface area (Å²) in [5.41, 5.74) is 0.301. The monoisotopic (exact) mass is 361 g/mol. The van der Waals surface area contributed by atoms with Gasteiger partial charge in [0.25, 0.3) is 5.91 Å². The molecule has 9 heteroatoms. The Morgan fingerprint density at radius 3 is 2.52 bits per heavy atom. The summed E-state index contributed by atoms with van der Waals surface area (Å²) in [4.78, 5) is 24.0. The van der Waals surface area contributed by atoms with E-state index >= 15 is 0 Å². The third kappa shape index (κ3) is 4.40. The van der Waals surface area contributed by atoms with Crippen molar-refractivity contribution in [1.82, 2.24) is 0 Å². The molecule has 1 heterocycles. The van der Waals surface area contributed by atoms with Gasteiger partial charge in [-0.2, -0.15) is 8.78 Å². The minimum atomic E-state index is -2.99. The zero-order chi connectivity index (χ0) is 17.0. The Bertz CT molecular complexity index is 735. The predicted molar refractivity (Wildman–Crippen MR) is 81.7 cm³/mol. The van der Waals surface area contributed by atoms with E-state index in [2.05, 4.69) is 14.8 Å². The highest BCUT2D eigenvalue weighted by Crippen LogP contribution is 2.29. The second-order valence-electron chi connectivity index (χ2n) is 4.13. The van der Waals surface area contributed by atoms with E-state index in [-0.39, 0.29) is 20.5 Å². The summed E-state index contributed by atoms with van der Waals surface area (Å²) in [6.45, 7) is -2.99. The molecule has 2 aromatic rings. The van der Waals surface area contributed by atoms with E-state index < -0.39 is 18.5 Å². The number of nitrogens with one attached hydrogen (secondary N) is 1. The van der Waals surface area contributed by atoms with Crippen LogP contribution in [0.25, 0.3) is 0 Å². The van der Waals surface area contributed by atoms with Crippen molar-refractivity contribution in [2.24, 2.45) is 0 Å². The number of ether oxygens (including phenoxy) is 2. The summed E-state index contributed by atoms with van der Waals surface area (Å²) in [6, 6.07) is 6.82. The standard InChI is InChI=1S/C14H10ClF2NO4S/c1-21-13(20)11-5-4-10(23-11)12(19)18-7-2-3-9(8(15)6-7)22-14(16)17/h2-6,14H,1H3,(H,18,19). The fourth-order valence-corrected chi connectivity index (χ4v) is 2.68. The fraction of sp³-hybridized carbons (Fsp3) is 0.143. The number of anilines is 1. The number of halogens is 3. The molecular weight excluding hydrogens is 352 g/mol. The number of thiophene rings is 1. The maximum atomic E-state index is 12.1. The molecule has 0 unspecified atom stereocenters. The van der Waals surface area contributed by atoms with Gasteiger partial charge in [0.05, 0.1) is 17.0 Å². The van der Waals surface area contributed by atoms with Crippen molar-refractivity contribution in [2.75, 3.05) is 12.4 Å². The van der Waals surface area contributed by atoms with E-state index in [0.717, 1.165) is 11.3 Å². The number of carbonyl (C=O) groups is 2. The van der Waals surface area contributed by atoms with Crippen LogP contribution in [0.4, 0.5) is 14.5 Å². The minimum absolute atomic E-state index is 0.0653. The molecule has 1 N–H and O–H groups in total. The van der Waals surface area contributed by atoms with Gasteiger partial charge in [0.2, 0.25) is 0 Å². The minimum Gasteiger partial charge on any atom is -0.465 e. The Labute approximate surface area is 138 Å². The molecule has 0 atom stereocenters. The Hall–Kier alpha value is -2.19. The molecule has 5 nitrogen and oxygen atoms in total. The van der Waals surface area contributed by atoms with Gasteiger partial charge >= 0.3 is 12.6 Å². The second-order valence-corrected chi connectivity index (χ2v) is 5.62. The van der Waals surface area contributed by atoms with Gasteiger partial charge in [-0.1, -0.05) is 11.6 Å². The van der Waals surface area contributed by atoms with Crippen LogP contribution in [0, 0.1) is 0 Å². The number of carbonyl (C=O) groups excluding carboxylic acids is 2. The Kier molecular flexibility index (Phi) is 5.51. The van der Waals surface area contributed by atoms with Crippen LogP contribution in [-0.2, 0) is 4.74 Å². The average Bonchev–Trinajstić information content (AvgIpc) is 2.99. The number of esters is 1. The molecule has 0 radical (unpaired) electrons. The third-order valence-electron chi connectivity index (χ3n) is 2.62. The number of alkyl halides is 2. The molecule has 0 saturated heterocycles. The van der Waals surface area contributed by atoms with Crippen molar-refractivity contribution in [3.63, 3.8) is 0 Å². The molecular formula is C14H10ClF2NO4S. The number of hydrogen-bond acceptors (Lipinski definition) is 5. The van der Waals surface area contributed by atoms with Crippen molar-refractivity contribution >= 4 is 40.5 Å². The van der Waals surface area contributed by atoms with Crippen molar-refractivity contribution in [3.8, 4) is 5.75 Å². The Balaban J connectivity index is 2.09. The zero-order valence-corrected chi connectivity index (χ0v) is 13.2. The largest absolute Gasteiger partial charge is 0.465 e. The van der Waals surface area contributed by atoms with E-state index in [4.69, 9.17) is 11.6 Å². The van der Waals surface area contributed by atoms with Crippen LogP contribution in [0.5, 0.6) is 5.75 Å². The van der Waals surface area contributed by atoms with E-state index in [9.17, 15) is 18.4 Å². The molecule has 0 spiro atoms. The molecule has 2 rings (SSSR count). The van der Waals surface area contributed by atoms with Crippen molar-refractivity contribution in [3.05, 3.63) is 45.1 Å². The number of rotatable bonds is 5. The molecule has 23 heavy (non-hydrogen) atoms. The molecule has 0 aliphatic heterocycles. The van der Waals surface area contributed by atoms with Crippen molar-refractivity contribution in [2.45, 2.75) is 6.61 Å². The van der Waals surface area contributed by atoms with E-state index in [1.807, 2.05) is 0 Å². The lowest BCUT2D eigenvalue weighted by Crippen LogP contribution is -2.10. The van der Waals surface area contributed by atoms with Crippen molar-refractivity contribution in [1.29, 1.82) is 0 Å². The maximum absolute atomic E-state index is 12.1.